The Labute approximate surface area is 121 Å². The molecule has 21 heavy (non-hydrogen) atoms. The summed E-state index contributed by atoms with van der Waals surface area (Å²) in [7, 11) is 4.67. The van der Waals surface area contributed by atoms with E-state index >= 15 is 0 Å². The van der Waals surface area contributed by atoms with Crippen LogP contribution in [0, 0.1) is 0 Å². The first kappa shape index (κ1) is 14.9. The van der Waals surface area contributed by atoms with Gasteiger partial charge in [0.05, 0.1) is 26.5 Å². The average Bonchev–Trinajstić information content (AvgIpc) is 2.97. The molecule has 0 aliphatic heterocycles. The zero-order chi connectivity index (χ0) is 15.4. The van der Waals surface area contributed by atoms with E-state index in [9.17, 15) is 4.79 Å². The Bertz CT molecular complexity index is 651. The van der Waals surface area contributed by atoms with E-state index in [1.165, 1.54) is 13.2 Å². The lowest BCUT2D eigenvalue weighted by molar-refractivity contribution is 0.0690. The number of aromatic carboxylic acids is 1. The molecule has 1 aromatic heterocycles. The number of benzene rings is 1. The van der Waals surface area contributed by atoms with Gasteiger partial charge in [0, 0.05) is 24.3 Å². The van der Waals surface area contributed by atoms with Gasteiger partial charge >= 0.3 is 5.97 Å². The van der Waals surface area contributed by atoms with Crippen LogP contribution in [0.5, 0.6) is 11.5 Å². The van der Waals surface area contributed by atoms with Crippen LogP contribution in [0.4, 0.5) is 0 Å². The highest BCUT2D eigenvalue weighted by atomic mass is 16.5. The van der Waals surface area contributed by atoms with Gasteiger partial charge in [0.25, 0.3) is 0 Å². The number of carboxylic acid groups (broad SMARTS) is 1. The SMILES string of the molecule is COCc1cc(-c2cc(C(=O)O)[nH]n2)c(OC)cc1OC. The van der Waals surface area contributed by atoms with Crippen molar-refractivity contribution in [2.45, 2.75) is 6.61 Å². The molecule has 0 saturated heterocycles. The molecule has 1 heterocycles. The topological polar surface area (TPSA) is 93.7 Å². The highest BCUT2D eigenvalue weighted by molar-refractivity contribution is 5.87. The summed E-state index contributed by atoms with van der Waals surface area (Å²) >= 11 is 0. The molecule has 1 aromatic carbocycles. The van der Waals surface area contributed by atoms with Crippen LogP contribution in [0.25, 0.3) is 11.3 Å². The predicted octanol–water partition coefficient (Wildman–Crippen LogP) is 1.94. The van der Waals surface area contributed by atoms with Gasteiger partial charge in [-0.15, -0.1) is 0 Å². The molecule has 0 saturated carbocycles. The van der Waals surface area contributed by atoms with Gasteiger partial charge in [0.2, 0.25) is 0 Å². The Kier molecular flexibility index (Phi) is 4.44. The molecule has 7 nitrogen and oxygen atoms in total. The van der Waals surface area contributed by atoms with Crippen LogP contribution in [-0.2, 0) is 11.3 Å². The molecule has 0 bridgehead atoms. The fraction of sp³-hybridized carbons (Fsp3) is 0.286. The van der Waals surface area contributed by atoms with Crippen molar-refractivity contribution < 1.29 is 24.1 Å². The summed E-state index contributed by atoms with van der Waals surface area (Å²) in [4.78, 5) is 10.9. The molecular weight excluding hydrogens is 276 g/mol. The Morgan fingerprint density at radius 1 is 1.19 bits per heavy atom. The number of carbonyl (C=O) groups is 1. The second kappa shape index (κ2) is 6.27. The first-order valence-electron chi connectivity index (χ1n) is 6.13. The Hall–Kier alpha value is -2.54. The van der Waals surface area contributed by atoms with E-state index in [1.807, 2.05) is 6.07 Å². The zero-order valence-electron chi connectivity index (χ0n) is 12.0. The van der Waals surface area contributed by atoms with Crippen LogP contribution in [0.3, 0.4) is 0 Å². The lowest BCUT2D eigenvalue weighted by Crippen LogP contribution is -1.97. The first-order valence-corrected chi connectivity index (χ1v) is 6.13. The maximum absolute atomic E-state index is 10.9. The van der Waals surface area contributed by atoms with Crippen LogP contribution >= 0.6 is 0 Å². The molecule has 2 aromatic rings. The minimum atomic E-state index is -1.07. The molecule has 7 heteroatoms. The fourth-order valence-electron chi connectivity index (χ4n) is 2.00. The highest BCUT2D eigenvalue weighted by Gasteiger charge is 2.16. The van der Waals surface area contributed by atoms with Crippen LogP contribution in [0.1, 0.15) is 16.1 Å². The third kappa shape index (κ3) is 2.97. The Morgan fingerprint density at radius 3 is 2.43 bits per heavy atom. The third-order valence-electron chi connectivity index (χ3n) is 2.99. The fourth-order valence-corrected chi connectivity index (χ4v) is 2.00. The van der Waals surface area contributed by atoms with Crippen molar-refractivity contribution in [3.8, 4) is 22.8 Å². The summed E-state index contributed by atoms with van der Waals surface area (Å²) in [6.45, 7) is 0.358. The van der Waals surface area contributed by atoms with E-state index in [-0.39, 0.29) is 5.69 Å². The number of ether oxygens (including phenoxy) is 3. The second-order valence-electron chi connectivity index (χ2n) is 4.27. The third-order valence-corrected chi connectivity index (χ3v) is 2.99. The lowest BCUT2D eigenvalue weighted by Gasteiger charge is -2.13. The van der Waals surface area contributed by atoms with E-state index in [4.69, 9.17) is 19.3 Å². The molecule has 0 aliphatic rings. The molecule has 2 N–H and O–H groups in total. The molecule has 2 rings (SSSR count). The molecule has 0 unspecified atom stereocenters. The summed E-state index contributed by atoms with van der Waals surface area (Å²) in [5.74, 6) is 0.0972. The van der Waals surface area contributed by atoms with Crippen molar-refractivity contribution >= 4 is 5.97 Å². The lowest BCUT2D eigenvalue weighted by atomic mass is 10.1. The number of hydrogen-bond donors (Lipinski definition) is 2. The van der Waals surface area contributed by atoms with Crippen LogP contribution in [0.15, 0.2) is 18.2 Å². The number of methoxy groups -OCH3 is 3. The van der Waals surface area contributed by atoms with Gasteiger partial charge in [-0.1, -0.05) is 0 Å². The van der Waals surface area contributed by atoms with Crippen LogP contribution < -0.4 is 9.47 Å². The smallest absolute Gasteiger partial charge is 0.353 e. The number of nitrogens with one attached hydrogen (secondary N) is 1. The van der Waals surface area contributed by atoms with Crippen LogP contribution in [0.2, 0.25) is 0 Å². The number of nitrogens with zero attached hydrogens (tertiary/aromatic N) is 1. The summed E-state index contributed by atoms with van der Waals surface area (Å²) in [5.41, 5.74) is 1.96. The van der Waals surface area contributed by atoms with Gasteiger partial charge in [-0.3, -0.25) is 5.10 Å². The monoisotopic (exact) mass is 292 g/mol. The van der Waals surface area contributed by atoms with E-state index in [1.54, 1.807) is 20.3 Å². The largest absolute Gasteiger partial charge is 0.496 e. The van der Waals surface area contributed by atoms with Gasteiger partial charge in [0.15, 0.2) is 0 Å². The quantitative estimate of drug-likeness (QED) is 0.845. The summed E-state index contributed by atoms with van der Waals surface area (Å²) in [5, 5.41) is 15.4. The number of H-pyrrole nitrogens is 1. The molecule has 0 fully saturated rings. The molecule has 0 spiro atoms. The van der Waals surface area contributed by atoms with Gasteiger partial charge < -0.3 is 19.3 Å². The predicted molar refractivity (Wildman–Crippen MR) is 74.8 cm³/mol. The maximum atomic E-state index is 10.9. The van der Waals surface area contributed by atoms with E-state index in [2.05, 4.69) is 10.2 Å². The van der Waals surface area contributed by atoms with Crippen LogP contribution in [-0.4, -0.2) is 42.6 Å². The van der Waals surface area contributed by atoms with Crippen molar-refractivity contribution in [2.75, 3.05) is 21.3 Å². The van der Waals surface area contributed by atoms with Crippen molar-refractivity contribution in [2.24, 2.45) is 0 Å². The van der Waals surface area contributed by atoms with Crippen molar-refractivity contribution in [1.82, 2.24) is 10.2 Å². The minimum Gasteiger partial charge on any atom is -0.496 e. The Morgan fingerprint density at radius 2 is 1.90 bits per heavy atom. The van der Waals surface area contributed by atoms with Crippen molar-refractivity contribution in [3.05, 3.63) is 29.5 Å². The minimum absolute atomic E-state index is 0.0103. The number of aromatic amines is 1. The number of aromatic nitrogens is 2. The van der Waals surface area contributed by atoms with E-state index < -0.39 is 5.97 Å². The van der Waals surface area contributed by atoms with Gasteiger partial charge in [-0.05, 0) is 12.1 Å². The molecule has 0 aliphatic carbocycles. The molecule has 0 atom stereocenters. The molecule has 0 amide bonds. The first-order chi connectivity index (χ1) is 10.1. The van der Waals surface area contributed by atoms with E-state index in [0.717, 1.165) is 5.56 Å². The van der Waals surface area contributed by atoms with Gasteiger partial charge in [0.1, 0.15) is 17.2 Å². The molecular formula is C14H16N2O5. The van der Waals surface area contributed by atoms with E-state index in [0.29, 0.717) is 29.4 Å². The highest BCUT2D eigenvalue weighted by Crippen LogP contribution is 2.35. The number of rotatable bonds is 6. The van der Waals surface area contributed by atoms with Crippen molar-refractivity contribution in [3.63, 3.8) is 0 Å². The molecule has 0 radical (unpaired) electrons. The van der Waals surface area contributed by atoms with Gasteiger partial charge in [-0.25, -0.2) is 4.79 Å². The Balaban J connectivity index is 2.54. The standard InChI is InChI=1S/C14H16N2O5/c1-19-7-8-4-9(13(21-3)6-12(8)20-2)10-5-11(14(17)18)16-15-10/h4-6H,7H2,1-3H3,(H,15,16)(H,17,18). The summed E-state index contributed by atoms with van der Waals surface area (Å²) in [6, 6.07) is 4.98. The van der Waals surface area contributed by atoms with Crippen molar-refractivity contribution in [1.29, 1.82) is 0 Å². The average molecular weight is 292 g/mol. The molecule has 112 valence electrons. The summed E-state index contributed by atoms with van der Waals surface area (Å²) < 4.78 is 15.8. The summed E-state index contributed by atoms with van der Waals surface area (Å²) in [6.07, 6.45) is 0. The van der Waals surface area contributed by atoms with Gasteiger partial charge in [-0.2, -0.15) is 5.10 Å². The normalized spacial score (nSPS) is 10.4. The second-order valence-corrected chi connectivity index (χ2v) is 4.27. The zero-order valence-corrected chi connectivity index (χ0v) is 12.0. The maximum Gasteiger partial charge on any atom is 0.353 e. The number of hydrogen-bond acceptors (Lipinski definition) is 5. The number of carboxylic acids is 1.